The zero-order valence-corrected chi connectivity index (χ0v) is 12.4. The lowest BCUT2D eigenvalue weighted by molar-refractivity contribution is -0.137. The molecular formula is C15H16BrNO2. The van der Waals surface area contributed by atoms with Crippen LogP contribution in [0, 0.1) is 0 Å². The van der Waals surface area contributed by atoms with Gasteiger partial charge in [0.15, 0.2) is 0 Å². The van der Waals surface area contributed by atoms with Crippen molar-refractivity contribution in [3.8, 4) is 0 Å². The summed E-state index contributed by atoms with van der Waals surface area (Å²) in [5, 5.41) is 1.08. The first-order valence-corrected chi connectivity index (χ1v) is 7.11. The van der Waals surface area contributed by atoms with E-state index in [0.717, 1.165) is 33.8 Å². The Bertz CT molecular complexity index is 601. The molecule has 4 heteroatoms. The van der Waals surface area contributed by atoms with Crippen molar-refractivity contribution in [3.63, 3.8) is 0 Å². The van der Waals surface area contributed by atoms with E-state index in [-0.39, 0.29) is 5.97 Å². The van der Waals surface area contributed by atoms with Crippen LogP contribution in [-0.4, -0.2) is 17.6 Å². The summed E-state index contributed by atoms with van der Waals surface area (Å²) in [6.07, 6.45) is 7.05. The van der Waals surface area contributed by atoms with Gasteiger partial charge in [0.1, 0.15) is 0 Å². The molecule has 1 heterocycles. The second kappa shape index (κ2) is 6.57. The van der Waals surface area contributed by atoms with Crippen molar-refractivity contribution in [2.24, 2.45) is 0 Å². The summed E-state index contributed by atoms with van der Waals surface area (Å²) < 4.78 is 6.08. The first-order chi connectivity index (χ1) is 9.20. The zero-order valence-electron chi connectivity index (χ0n) is 10.8. The lowest BCUT2D eigenvalue weighted by Gasteiger charge is -1.99. The normalized spacial score (nSPS) is 11.3. The van der Waals surface area contributed by atoms with Gasteiger partial charge in [-0.3, -0.25) is 0 Å². The van der Waals surface area contributed by atoms with Crippen molar-refractivity contribution in [1.82, 2.24) is 4.98 Å². The molecule has 100 valence electrons. The van der Waals surface area contributed by atoms with Crippen LogP contribution >= 0.6 is 15.9 Å². The third-order valence-corrected chi connectivity index (χ3v) is 3.31. The quantitative estimate of drug-likeness (QED) is 0.507. The Morgan fingerprint density at radius 3 is 3.11 bits per heavy atom. The highest BCUT2D eigenvalue weighted by Crippen LogP contribution is 2.23. The zero-order chi connectivity index (χ0) is 13.7. The number of aromatic amines is 1. The highest BCUT2D eigenvalue weighted by atomic mass is 79.9. The van der Waals surface area contributed by atoms with Gasteiger partial charge in [0.05, 0.1) is 6.61 Å². The van der Waals surface area contributed by atoms with E-state index in [9.17, 15) is 4.79 Å². The number of carbonyl (C=O) groups is 1. The van der Waals surface area contributed by atoms with Gasteiger partial charge in [0, 0.05) is 33.2 Å². The van der Waals surface area contributed by atoms with Crippen molar-refractivity contribution >= 4 is 38.9 Å². The molecule has 0 aliphatic carbocycles. The van der Waals surface area contributed by atoms with E-state index < -0.39 is 0 Å². The largest absolute Gasteiger partial charge is 0.463 e. The Balaban J connectivity index is 2.08. The molecule has 2 aromatic rings. The molecule has 0 bridgehead atoms. The number of ether oxygens (including phenoxy) is 1. The number of hydrogen-bond donors (Lipinski definition) is 1. The summed E-state index contributed by atoms with van der Waals surface area (Å²) in [5.41, 5.74) is 2.02. The monoisotopic (exact) mass is 321 g/mol. The van der Waals surface area contributed by atoms with E-state index in [0.29, 0.717) is 6.61 Å². The molecular weight excluding hydrogens is 306 g/mol. The summed E-state index contributed by atoms with van der Waals surface area (Å²) in [4.78, 5) is 14.7. The minimum absolute atomic E-state index is 0.294. The van der Waals surface area contributed by atoms with Crippen LogP contribution in [-0.2, 0) is 9.53 Å². The van der Waals surface area contributed by atoms with Crippen molar-refractivity contribution in [2.45, 2.75) is 19.8 Å². The Kier molecular flexibility index (Phi) is 4.80. The maximum Gasteiger partial charge on any atom is 0.330 e. The van der Waals surface area contributed by atoms with Crippen LogP contribution in [0.5, 0.6) is 0 Å². The Hall–Kier alpha value is -1.55. The first-order valence-electron chi connectivity index (χ1n) is 6.32. The van der Waals surface area contributed by atoms with E-state index >= 15 is 0 Å². The topological polar surface area (TPSA) is 42.1 Å². The third kappa shape index (κ3) is 3.70. The molecule has 3 nitrogen and oxygen atoms in total. The van der Waals surface area contributed by atoms with Crippen LogP contribution in [0.25, 0.3) is 17.0 Å². The van der Waals surface area contributed by atoms with E-state index in [1.807, 2.05) is 24.4 Å². The molecule has 0 spiro atoms. The van der Waals surface area contributed by atoms with Crippen molar-refractivity contribution < 1.29 is 9.53 Å². The minimum atomic E-state index is -0.294. The number of fused-ring (bicyclic) bond motifs is 1. The Morgan fingerprint density at radius 2 is 2.32 bits per heavy atom. The smallest absolute Gasteiger partial charge is 0.330 e. The fraction of sp³-hybridized carbons (Fsp3) is 0.267. The molecule has 0 fully saturated rings. The van der Waals surface area contributed by atoms with Gasteiger partial charge in [0.25, 0.3) is 0 Å². The molecule has 1 aromatic carbocycles. The average Bonchev–Trinajstić information content (AvgIpc) is 2.79. The molecule has 0 saturated carbocycles. The second-order valence-electron chi connectivity index (χ2n) is 4.29. The maximum absolute atomic E-state index is 11.5. The number of esters is 1. The van der Waals surface area contributed by atoms with Crippen molar-refractivity contribution in [2.75, 3.05) is 6.61 Å². The lowest BCUT2D eigenvalue weighted by Crippen LogP contribution is -2.01. The predicted octanol–water partition coefficient (Wildman–Crippen LogP) is 4.29. The number of hydrogen-bond acceptors (Lipinski definition) is 2. The van der Waals surface area contributed by atoms with Crippen LogP contribution < -0.4 is 0 Å². The summed E-state index contributed by atoms with van der Waals surface area (Å²) in [7, 11) is 0. The highest BCUT2D eigenvalue weighted by molar-refractivity contribution is 9.10. The number of carbonyl (C=O) groups excluding carboxylic acids is 1. The second-order valence-corrected chi connectivity index (χ2v) is 5.20. The Morgan fingerprint density at radius 1 is 1.47 bits per heavy atom. The van der Waals surface area contributed by atoms with E-state index in [4.69, 9.17) is 4.74 Å². The number of H-pyrrole nitrogens is 1. The number of unbranched alkanes of at least 4 members (excludes halogenated alkanes) is 1. The highest BCUT2D eigenvalue weighted by Gasteiger charge is 2.02. The van der Waals surface area contributed by atoms with Gasteiger partial charge in [0.2, 0.25) is 0 Å². The summed E-state index contributed by atoms with van der Waals surface area (Å²) in [5.74, 6) is -0.294. The third-order valence-electron chi connectivity index (χ3n) is 2.82. The molecule has 1 aromatic heterocycles. The number of halogens is 1. The van der Waals surface area contributed by atoms with E-state index in [2.05, 4.69) is 27.8 Å². The van der Waals surface area contributed by atoms with Crippen LogP contribution in [0.3, 0.4) is 0 Å². The summed E-state index contributed by atoms with van der Waals surface area (Å²) in [6, 6.07) is 6.00. The SMILES string of the molecule is CCCCOC(=O)/C=C/c1c[nH]c2ccc(Br)cc12. The van der Waals surface area contributed by atoms with Gasteiger partial charge in [-0.15, -0.1) is 0 Å². The summed E-state index contributed by atoms with van der Waals surface area (Å²) >= 11 is 3.44. The minimum Gasteiger partial charge on any atom is -0.463 e. The first kappa shape index (κ1) is 13.9. The molecule has 0 radical (unpaired) electrons. The molecule has 0 amide bonds. The van der Waals surface area contributed by atoms with Gasteiger partial charge >= 0.3 is 5.97 Å². The van der Waals surface area contributed by atoms with Crippen LogP contribution in [0.4, 0.5) is 0 Å². The maximum atomic E-state index is 11.5. The molecule has 0 aliphatic heterocycles. The van der Waals surface area contributed by atoms with Crippen LogP contribution in [0.15, 0.2) is 34.9 Å². The number of benzene rings is 1. The fourth-order valence-electron chi connectivity index (χ4n) is 1.78. The van der Waals surface area contributed by atoms with Gasteiger partial charge in [-0.1, -0.05) is 29.3 Å². The standard InChI is InChI=1S/C15H16BrNO2/c1-2-3-8-19-15(18)7-4-11-10-17-14-6-5-12(16)9-13(11)14/h4-7,9-10,17H,2-3,8H2,1H3/b7-4+. The van der Waals surface area contributed by atoms with Gasteiger partial charge in [-0.2, -0.15) is 0 Å². The van der Waals surface area contributed by atoms with E-state index in [1.54, 1.807) is 6.08 Å². The number of nitrogens with one attached hydrogen (secondary N) is 1. The van der Waals surface area contributed by atoms with Crippen LogP contribution in [0.1, 0.15) is 25.3 Å². The number of aromatic nitrogens is 1. The molecule has 0 unspecified atom stereocenters. The van der Waals surface area contributed by atoms with Crippen molar-refractivity contribution in [3.05, 3.63) is 40.5 Å². The number of rotatable bonds is 5. The van der Waals surface area contributed by atoms with Gasteiger partial charge < -0.3 is 9.72 Å². The fourth-order valence-corrected chi connectivity index (χ4v) is 2.14. The molecule has 19 heavy (non-hydrogen) atoms. The van der Waals surface area contributed by atoms with Crippen molar-refractivity contribution in [1.29, 1.82) is 0 Å². The van der Waals surface area contributed by atoms with Gasteiger partial charge in [-0.05, 0) is 30.7 Å². The average molecular weight is 322 g/mol. The Labute approximate surface area is 120 Å². The molecule has 2 rings (SSSR count). The van der Waals surface area contributed by atoms with Gasteiger partial charge in [-0.25, -0.2) is 4.79 Å². The molecule has 0 saturated heterocycles. The van der Waals surface area contributed by atoms with E-state index in [1.165, 1.54) is 6.08 Å². The predicted molar refractivity (Wildman–Crippen MR) is 80.9 cm³/mol. The summed E-state index contributed by atoms with van der Waals surface area (Å²) in [6.45, 7) is 2.55. The molecule has 1 N–H and O–H groups in total. The lowest BCUT2D eigenvalue weighted by atomic mass is 10.1. The molecule has 0 aliphatic rings. The molecule has 0 atom stereocenters. The van der Waals surface area contributed by atoms with Crippen LogP contribution in [0.2, 0.25) is 0 Å².